The highest BCUT2D eigenvalue weighted by Crippen LogP contribution is 2.12. The van der Waals surface area contributed by atoms with E-state index in [1.54, 1.807) is 18.2 Å². The van der Waals surface area contributed by atoms with Gasteiger partial charge in [0.15, 0.2) is 0 Å². The Morgan fingerprint density at radius 3 is 2.59 bits per heavy atom. The zero-order chi connectivity index (χ0) is 12.3. The second-order valence-corrected chi connectivity index (χ2v) is 3.30. The van der Waals surface area contributed by atoms with Crippen LogP contribution in [-0.2, 0) is 14.4 Å². The van der Waals surface area contributed by atoms with Gasteiger partial charge in [0.25, 0.3) is 11.8 Å². The topological polar surface area (TPSA) is 88.6 Å². The van der Waals surface area contributed by atoms with Gasteiger partial charge in [-0.15, -0.1) is 5.06 Å². The molecule has 88 valence electrons. The van der Waals surface area contributed by atoms with Gasteiger partial charge < -0.3 is 4.84 Å². The van der Waals surface area contributed by atoms with Crippen LogP contribution >= 0.6 is 0 Å². The first kappa shape index (κ1) is 11.1. The van der Waals surface area contributed by atoms with Gasteiger partial charge >= 0.3 is 6.09 Å². The monoisotopic (exact) mass is 235 g/mol. The minimum atomic E-state index is -0.924. The number of carbonyl (C=O) groups excluding carboxylic acids is 3. The van der Waals surface area contributed by atoms with Crippen molar-refractivity contribution in [1.29, 1.82) is 0 Å². The molecule has 1 aromatic rings. The van der Waals surface area contributed by atoms with E-state index in [0.29, 0.717) is 5.06 Å². The minimum Gasteiger partial charge on any atom is -0.311 e. The van der Waals surface area contributed by atoms with Gasteiger partial charge in [-0.25, -0.2) is 9.78 Å². The first-order valence-electron chi connectivity index (χ1n) is 4.92. The highest BCUT2D eigenvalue weighted by Gasteiger charge is 2.32. The molecule has 1 saturated heterocycles. The number of nitrogens with one attached hydrogen (secondary N) is 1. The third kappa shape index (κ3) is 2.57. The summed E-state index contributed by atoms with van der Waals surface area (Å²) in [6.07, 6.45) is 0.694. The number of hydroxylamine groups is 2. The standard InChI is InChI=1S/C10H9N3O4/c14-8-4-5-9(15)13(8)17-10(16)12-7-3-1-2-6-11-7/h1-3,6H,4-5H2,(H,11,12,16). The Bertz CT molecular complexity index is 444. The molecule has 0 aliphatic carbocycles. The molecule has 1 aliphatic rings. The van der Waals surface area contributed by atoms with Gasteiger partial charge in [0.2, 0.25) is 0 Å². The molecule has 1 aliphatic heterocycles. The summed E-state index contributed by atoms with van der Waals surface area (Å²) in [6.45, 7) is 0. The number of hydrogen-bond donors (Lipinski definition) is 1. The van der Waals surface area contributed by atoms with E-state index in [9.17, 15) is 14.4 Å². The zero-order valence-electron chi connectivity index (χ0n) is 8.75. The molecule has 0 saturated carbocycles. The average Bonchev–Trinajstić information content (AvgIpc) is 2.62. The first-order chi connectivity index (χ1) is 8.16. The van der Waals surface area contributed by atoms with E-state index in [1.807, 2.05) is 0 Å². The lowest BCUT2D eigenvalue weighted by molar-refractivity contribution is -0.170. The molecule has 0 unspecified atom stereocenters. The molecular formula is C10H9N3O4. The predicted molar refractivity (Wildman–Crippen MR) is 55.4 cm³/mol. The molecule has 1 aromatic heterocycles. The lowest BCUT2D eigenvalue weighted by Gasteiger charge is -2.12. The molecule has 2 rings (SSSR count). The van der Waals surface area contributed by atoms with Crippen LogP contribution < -0.4 is 5.32 Å². The van der Waals surface area contributed by atoms with Crippen molar-refractivity contribution in [2.45, 2.75) is 12.8 Å². The fraction of sp³-hybridized carbons (Fsp3) is 0.200. The number of anilines is 1. The molecule has 0 bridgehead atoms. The zero-order valence-corrected chi connectivity index (χ0v) is 8.75. The Morgan fingerprint density at radius 2 is 2.00 bits per heavy atom. The lowest BCUT2D eigenvalue weighted by Crippen LogP contribution is -2.34. The first-order valence-corrected chi connectivity index (χ1v) is 4.92. The molecule has 17 heavy (non-hydrogen) atoms. The summed E-state index contributed by atoms with van der Waals surface area (Å²) in [5.41, 5.74) is 0. The van der Waals surface area contributed by atoms with Crippen LogP contribution in [0.4, 0.5) is 10.6 Å². The molecule has 1 N–H and O–H groups in total. The highest BCUT2D eigenvalue weighted by molar-refractivity contribution is 6.02. The smallest absolute Gasteiger partial charge is 0.311 e. The van der Waals surface area contributed by atoms with Crippen LogP contribution in [0.5, 0.6) is 0 Å². The van der Waals surface area contributed by atoms with Gasteiger partial charge in [-0.2, -0.15) is 0 Å². The second kappa shape index (κ2) is 4.60. The number of amides is 3. The fourth-order valence-corrected chi connectivity index (χ4v) is 1.30. The van der Waals surface area contributed by atoms with Crippen LogP contribution in [-0.4, -0.2) is 28.0 Å². The number of rotatable bonds is 2. The summed E-state index contributed by atoms with van der Waals surface area (Å²) in [4.78, 5) is 42.1. The van der Waals surface area contributed by atoms with Crippen molar-refractivity contribution in [3.05, 3.63) is 24.4 Å². The Kier molecular flexibility index (Phi) is 2.99. The third-order valence-electron chi connectivity index (χ3n) is 2.07. The van der Waals surface area contributed by atoms with Gasteiger partial charge in [0.1, 0.15) is 5.82 Å². The average molecular weight is 235 g/mol. The molecule has 2 heterocycles. The van der Waals surface area contributed by atoms with Gasteiger partial charge in [-0.05, 0) is 12.1 Å². The van der Waals surface area contributed by atoms with E-state index in [1.165, 1.54) is 6.20 Å². The van der Waals surface area contributed by atoms with Crippen LogP contribution in [0.15, 0.2) is 24.4 Å². The Morgan fingerprint density at radius 1 is 1.29 bits per heavy atom. The minimum absolute atomic E-state index is 0.0652. The van der Waals surface area contributed by atoms with Crippen molar-refractivity contribution < 1.29 is 19.2 Å². The molecular weight excluding hydrogens is 226 g/mol. The summed E-state index contributed by atoms with van der Waals surface area (Å²) in [7, 11) is 0. The number of nitrogens with zero attached hydrogens (tertiary/aromatic N) is 2. The van der Waals surface area contributed by atoms with Crippen molar-refractivity contribution >= 4 is 23.7 Å². The number of pyridine rings is 1. The summed E-state index contributed by atoms with van der Waals surface area (Å²) < 4.78 is 0. The molecule has 1 fully saturated rings. The quantitative estimate of drug-likeness (QED) is 0.762. The number of aromatic nitrogens is 1. The Labute approximate surface area is 96.3 Å². The highest BCUT2D eigenvalue weighted by atomic mass is 16.7. The molecule has 0 atom stereocenters. The summed E-state index contributed by atoms with van der Waals surface area (Å²) in [6, 6.07) is 4.91. The maximum Gasteiger partial charge on any atom is 0.437 e. The maximum atomic E-state index is 11.3. The Hall–Kier alpha value is -2.44. The van der Waals surface area contributed by atoms with Crippen molar-refractivity contribution in [2.75, 3.05) is 5.32 Å². The second-order valence-electron chi connectivity index (χ2n) is 3.30. The van der Waals surface area contributed by atoms with Crippen LogP contribution in [0.25, 0.3) is 0 Å². The normalized spacial score (nSPS) is 14.9. The number of imide groups is 1. The fourth-order valence-electron chi connectivity index (χ4n) is 1.30. The molecule has 0 radical (unpaired) electrons. The predicted octanol–water partition coefficient (Wildman–Crippen LogP) is 0.694. The van der Waals surface area contributed by atoms with E-state index in [2.05, 4.69) is 15.1 Å². The van der Waals surface area contributed by atoms with Crippen molar-refractivity contribution in [3.8, 4) is 0 Å². The molecule has 7 nitrogen and oxygen atoms in total. The van der Waals surface area contributed by atoms with E-state index >= 15 is 0 Å². The van der Waals surface area contributed by atoms with E-state index in [-0.39, 0.29) is 18.7 Å². The van der Waals surface area contributed by atoms with Crippen LogP contribution in [0.1, 0.15) is 12.8 Å². The SMILES string of the molecule is O=C(Nc1ccccn1)ON1C(=O)CCC1=O. The summed E-state index contributed by atoms with van der Waals surface area (Å²) in [5.74, 6) is -0.770. The molecule has 7 heteroatoms. The summed E-state index contributed by atoms with van der Waals surface area (Å²) >= 11 is 0. The lowest BCUT2D eigenvalue weighted by atomic mass is 10.4. The van der Waals surface area contributed by atoms with Crippen molar-refractivity contribution in [3.63, 3.8) is 0 Å². The van der Waals surface area contributed by atoms with Crippen molar-refractivity contribution in [1.82, 2.24) is 10.0 Å². The van der Waals surface area contributed by atoms with Crippen molar-refractivity contribution in [2.24, 2.45) is 0 Å². The van der Waals surface area contributed by atoms with Crippen LogP contribution in [0, 0.1) is 0 Å². The van der Waals surface area contributed by atoms with E-state index < -0.39 is 17.9 Å². The molecule has 3 amide bonds. The van der Waals surface area contributed by atoms with E-state index in [0.717, 1.165) is 0 Å². The van der Waals surface area contributed by atoms with E-state index in [4.69, 9.17) is 0 Å². The largest absolute Gasteiger partial charge is 0.437 e. The van der Waals surface area contributed by atoms with Crippen LogP contribution in [0.2, 0.25) is 0 Å². The molecule has 0 aromatic carbocycles. The third-order valence-corrected chi connectivity index (χ3v) is 2.07. The van der Waals surface area contributed by atoms with Crippen LogP contribution in [0.3, 0.4) is 0 Å². The van der Waals surface area contributed by atoms with Gasteiger partial charge in [-0.3, -0.25) is 14.9 Å². The maximum absolute atomic E-state index is 11.3. The van der Waals surface area contributed by atoms with Gasteiger partial charge in [-0.1, -0.05) is 6.07 Å². The summed E-state index contributed by atoms with van der Waals surface area (Å²) in [5, 5.41) is 2.76. The number of carbonyl (C=O) groups is 3. The van der Waals surface area contributed by atoms with Gasteiger partial charge in [0.05, 0.1) is 0 Å². The molecule has 0 spiro atoms. The number of hydrogen-bond acceptors (Lipinski definition) is 5. The Balaban J connectivity index is 1.94. The van der Waals surface area contributed by atoms with Gasteiger partial charge in [0, 0.05) is 19.0 Å².